The number of carbonyl (C=O) groups excluding carboxylic acids is 1. The van der Waals surface area contributed by atoms with Gasteiger partial charge < -0.3 is 5.32 Å². The van der Waals surface area contributed by atoms with E-state index in [-0.39, 0.29) is 28.9 Å². The lowest BCUT2D eigenvalue weighted by atomic mass is 10.0. The summed E-state index contributed by atoms with van der Waals surface area (Å²) in [5, 5.41) is 3.35. The van der Waals surface area contributed by atoms with Gasteiger partial charge in [0.1, 0.15) is 6.54 Å². The van der Waals surface area contributed by atoms with Crippen LogP contribution in [0.2, 0.25) is 0 Å². The van der Waals surface area contributed by atoms with Crippen LogP contribution in [0.5, 0.6) is 0 Å². The first-order chi connectivity index (χ1) is 13.3. The van der Waals surface area contributed by atoms with Crippen LogP contribution >= 0.6 is 0 Å². The van der Waals surface area contributed by atoms with Crippen LogP contribution in [0.15, 0.2) is 64.5 Å². The lowest BCUT2D eigenvalue weighted by Gasteiger charge is -2.18. The molecule has 0 aliphatic heterocycles. The number of carbonyl (C=O) groups is 1. The highest BCUT2D eigenvalue weighted by Gasteiger charge is 2.15. The monoisotopic (exact) mass is 399 g/mol. The third-order valence-electron chi connectivity index (χ3n) is 4.50. The van der Waals surface area contributed by atoms with Gasteiger partial charge in [-0.1, -0.05) is 31.2 Å². The summed E-state index contributed by atoms with van der Waals surface area (Å²) in [6, 6.07) is 13.1. The van der Waals surface area contributed by atoms with Gasteiger partial charge in [-0.15, -0.1) is 0 Å². The van der Waals surface area contributed by atoms with Crippen LogP contribution in [0.4, 0.5) is 0 Å². The molecule has 3 aromatic rings. The molecule has 0 radical (unpaired) electrons. The third-order valence-corrected chi connectivity index (χ3v) is 5.63. The van der Waals surface area contributed by atoms with Crippen molar-refractivity contribution < 1.29 is 13.2 Å². The Bertz CT molecular complexity index is 1170. The van der Waals surface area contributed by atoms with E-state index in [2.05, 4.69) is 10.3 Å². The second kappa shape index (κ2) is 7.93. The average Bonchev–Trinajstić information content (AvgIpc) is 2.68. The highest BCUT2D eigenvalue weighted by atomic mass is 32.2. The van der Waals surface area contributed by atoms with Gasteiger partial charge in [0.05, 0.1) is 28.2 Å². The molecule has 1 aromatic heterocycles. The second-order valence-corrected chi connectivity index (χ2v) is 8.58. The Balaban J connectivity index is 1.76. The predicted molar refractivity (Wildman–Crippen MR) is 107 cm³/mol. The van der Waals surface area contributed by atoms with E-state index in [1.165, 1.54) is 23.0 Å². The number of hydrogen-bond donors (Lipinski definition) is 1. The van der Waals surface area contributed by atoms with E-state index in [9.17, 15) is 18.0 Å². The first-order valence-corrected chi connectivity index (χ1v) is 10.7. The quantitative estimate of drug-likeness (QED) is 0.684. The van der Waals surface area contributed by atoms with Crippen LogP contribution in [0, 0.1) is 0 Å². The summed E-state index contributed by atoms with van der Waals surface area (Å²) in [5.41, 5.74) is 1.11. The fourth-order valence-corrected chi connectivity index (χ4v) is 3.61. The topological polar surface area (TPSA) is 98.1 Å². The standard InChI is InChI=1S/C20H21N3O4S/c1-3-17(14-8-10-15(11-9-14)28(2,26)27)22-19(24)12-23-13-21-18-7-5-4-6-16(18)20(23)25/h4-11,13,17H,3,12H2,1-2H3,(H,22,24)/t17-/m1/s1. The molecule has 0 saturated heterocycles. The summed E-state index contributed by atoms with van der Waals surface area (Å²) in [7, 11) is -3.27. The third kappa shape index (κ3) is 4.28. The summed E-state index contributed by atoms with van der Waals surface area (Å²) < 4.78 is 24.4. The Labute approximate surface area is 163 Å². The molecule has 8 heteroatoms. The van der Waals surface area contributed by atoms with Gasteiger partial charge in [-0.25, -0.2) is 13.4 Å². The van der Waals surface area contributed by atoms with Crippen molar-refractivity contribution in [2.24, 2.45) is 0 Å². The fraction of sp³-hybridized carbons (Fsp3) is 0.250. The Morgan fingerprint density at radius 3 is 2.46 bits per heavy atom. The molecule has 1 heterocycles. The first kappa shape index (κ1) is 19.8. The predicted octanol–water partition coefficient (Wildman–Crippen LogP) is 2.07. The van der Waals surface area contributed by atoms with Crippen LogP contribution < -0.4 is 10.9 Å². The lowest BCUT2D eigenvalue weighted by Crippen LogP contribution is -2.34. The zero-order valence-electron chi connectivity index (χ0n) is 15.6. The highest BCUT2D eigenvalue weighted by Crippen LogP contribution is 2.19. The van der Waals surface area contributed by atoms with Crippen molar-refractivity contribution in [3.63, 3.8) is 0 Å². The molecule has 0 aliphatic carbocycles. The number of amides is 1. The summed E-state index contributed by atoms with van der Waals surface area (Å²) in [5.74, 6) is -0.321. The number of rotatable bonds is 6. The molecular formula is C20H21N3O4S. The van der Waals surface area contributed by atoms with Crippen molar-refractivity contribution in [2.45, 2.75) is 30.8 Å². The van der Waals surface area contributed by atoms with Crippen molar-refractivity contribution in [2.75, 3.05) is 6.26 Å². The molecule has 28 heavy (non-hydrogen) atoms. The van der Waals surface area contributed by atoms with E-state index in [0.29, 0.717) is 17.3 Å². The minimum Gasteiger partial charge on any atom is -0.348 e. The van der Waals surface area contributed by atoms with Crippen LogP contribution in [0.1, 0.15) is 24.9 Å². The summed E-state index contributed by atoms with van der Waals surface area (Å²) in [6.45, 7) is 1.77. The number of nitrogens with one attached hydrogen (secondary N) is 1. The Kier molecular flexibility index (Phi) is 5.60. The van der Waals surface area contributed by atoms with E-state index in [1.54, 1.807) is 36.4 Å². The molecule has 0 spiro atoms. The molecule has 0 aliphatic rings. The molecule has 1 N–H and O–H groups in total. The Morgan fingerprint density at radius 2 is 1.82 bits per heavy atom. The molecular weight excluding hydrogens is 378 g/mol. The van der Waals surface area contributed by atoms with Gasteiger partial charge in [0, 0.05) is 6.26 Å². The molecule has 146 valence electrons. The molecule has 1 amide bonds. The van der Waals surface area contributed by atoms with E-state index in [0.717, 1.165) is 11.8 Å². The van der Waals surface area contributed by atoms with Gasteiger partial charge in [0.25, 0.3) is 5.56 Å². The Hall–Kier alpha value is -3.00. The number of aromatic nitrogens is 2. The molecule has 7 nitrogen and oxygen atoms in total. The number of sulfone groups is 1. The van der Waals surface area contributed by atoms with Crippen molar-refractivity contribution in [1.29, 1.82) is 0 Å². The van der Waals surface area contributed by atoms with Gasteiger partial charge in [0.2, 0.25) is 5.91 Å². The maximum Gasteiger partial charge on any atom is 0.261 e. The van der Waals surface area contributed by atoms with Crippen LogP contribution in [-0.2, 0) is 21.2 Å². The number of benzene rings is 2. The van der Waals surface area contributed by atoms with Gasteiger partial charge in [-0.3, -0.25) is 14.2 Å². The fourth-order valence-electron chi connectivity index (χ4n) is 2.98. The van der Waals surface area contributed by atoms with Gasteiger partial charge in [-0.2, -0.15) is 0 Å². The Morgan fingerprint density at radius 1 is 1.14 bits per heavy atom. The number of nitrogens with zero attached hydrogens (tertiary/aromatic N) is 2. The summed E-state index contributed by atoms with van der Waals surface area (Å²) in [6.07, 6.45) is 3.14. The highest BCUT2D eigenvalue weighted by molar-refractivity contribution is 7.90. The van der Waals surface area contributed by atoms with Crippen LogP contribution in [0.3, 0.4) is 0 Å². The largest absolute Gasteiger partial charge is 0.348 e. The van der Waals surface area contributed by atoms with E-state index >= 15 is 0 Å². The zero-order valence-corrected chi connectivity index (χ0v) is 16.4. The van der Waals surface area contributed by atoms with Gasteiger partial charge in [0.15, 0.2) is 9.84 Å². The van der Waals surface area contributed by atoms with Crippen molar-refractivity contribution >= 4 is 26.6 Å². The van der Waals surface area contributed by atoms with Crippen molar-refractivity contribution in [3.05, 3.63) is 70.8 Å². The van der Waals surface area contributed by atoms with Crippen LogP contribution in [0.25, 0.3) is 10.9 Å². The molecule has 3 rings (SSSR count). The average molecular weight is 399 g/mol. The van der Waals surface area contributed by atoms with Crippen LogP contribution in [-0.4, -0.2) is 30.1 Å². The SMILES string of the molecule is CC[C@@H](NC(=O)Cn1cnc2ccccc2c1=O)c1ccc(S(C)(=O)=O)cc1. The molecule has 0 saturated carbocycles. The number of hydrogen-bond acceptors (Lipinski definition) is 5. The summed E-state index contributed by atoms with van der Waals surface area (Å²) in [4.78, 5) is 29.4. The smallest absolute Gasteiger partial charge is 0.261 e. The van der Waals surface area contributed by atoms with Crippen molar-refractivity contribution in [3.8, 4) is 0 Å². The number of fused-ring (bicyclic) bond motifs is 1. The molecule has 0 unspecified atom stereocenters. The minimum atomic E-state index is -3.27. The molecule has 1 atom stereocenters. The molecule has 2 aromatic carbocycles. The lowest BCUT2D eigenvalue weighted by molar-refractivity contribution is -0.122. The molecule has 0 bridgehead atoms. The molecule has 0 fully saturated rings. The maximum atomic E-state index is 12.5. The van der Waals surface area contributed by atoms with E-state index < -0.39 is 9.84 Å². The minimum absolute atomic E-state index is 0.144. The zero-order chi connectivity index (χ0) is 20.3. The van der Waals surface area contributed by atoms with Crippen molar-refractivity contribution in [1.82, 2.24) is 14.9 Å². The first-order valence-electron chi connectivity index (χ1n) is 8.83. The summed E-state index contributed by atoms with van der Waals surface area (Å²) >= 11 is 0. The van der Waals surface area contributed by atoms with Gasteiger partial charge in [-0.05, 0) is 36.2 Å². The van der Waals surface area contributed by atoms with E-state index in [4.69, 9.17) is 0 Å². The second-order valence-electron chi connectivity index (χ2n) is 6.56. The van der Waals surface area contributed by atoms with Gasteiger partial charge >= 0.3 is 0 Å². The number of para-hydroxylation sites is 1. The normalized spacial score (nSPS) is 12.6. The van der Waals surface area contributed by atoms with E-state index in [1.807, 2.05) is 6.92 Å². The maximum absolute atomic E-state index is 12.5.